The molecule has 0 spiro atoms. The van der Waals surface area contributed by atoms with Crippen LogP contribution in [-0.4, -0.2) is 39.0 Å². The molecule has 106 valence electrons. The van der Waals surface area contributed by atoms with E-state index in [1.54, 1.807) is 18.5 Å². The minimum atomic E-state index is -0.383. The van der Waals surface area contributed by atoms with E-state index in [1.165, 1.54) is 38.4 Å². The first kappa shape index (κ1) is 13.1. The van der Waals surface area contributed by atoms with E-state index in [4.69, 9.17) is 0 Å². The number of rotatable bonds is 4. The minimum Gasteiger partial charge on any atom is -0.329 e. The zero-order valence-corrected chi connectivity index (χ0v) is 11.4. The van der Waals surface area contributed by atoms with Crippen molar-refractivity contribution < 1.29 is 4.92 Å². The van der Waals surface area contributed by atoms with Gasteiger partial charge >= 0.3 is 0 Å². The zero-order valence-electron chi connectivity index (χ0n) is 11.4. The van der Waals surface area contributed by atoms with E-state index in [-0.39, 0.29) is 10.6 Å². The molecule has 2 aromatic rings. The summed E-state index contributed by atoms with van der Waals surface area (Å²) in [6.45, 7) is 4.26. The third-order valence-corrected chi connectivity index (χ3v) is 3.92. The molecule has 0 unspecified atom stereocenters. The van der Waals surface area contributed by atoms with Crippen LogP contribution >= 0.6 is 0 Å². The van der Waals surface area contributed by atoms with Gasteiger partial charge in [0.05, 0.1) is 22.3 Å². The molecule has 2 heterocycles. The van der Waals surface area contributed by atoms with Gasteiger partial charge in [0, 0.05) is 25.2 Å². The highest BCUT2D eigenvalue weighted by molar-refractivity contribution is 5.77. The van der Waals surface area contributed by atoms with Gasteiger partial charge in [0.25, 0.3) is 5.69 Å². The fourth-order valence-corrected chi connectivity index (χ4v) is 2.78. The Balaban J connectivity index is 1.73. The Kier molecular flexibility index (Phi) is 3.64. The van der Waals surface area contributed by atoms with Crippen molar-refractivity contribution in [3.05, 3.63) is 34.6 Å². The van der Waals surface area contributed by atoms with Gasteiger partial charge in [0.2, 0.25) is 0 Å². The lowest BCUT2D eigenvalue weighted by molar-refractivity contribution is -0.384. The van der Waals surface area contributed by atoms with Crippen LogP contribution in [0.1, 0.15) is 19.3 Å². The molecule has 0 amide bonds. The van der Waals surface area contributed by atoms with Gasteiger partial charge in [-0.25, -0.2) is 4.98 Å². The lowest BCUT2D eigenvalue weighted by atomic mass is 10.1. The predicted molar refractivity (Wildman–Crippen MR) is 76.7 cm³/mol. The van der Waals surface area contributed by atoms with Crippen molar-refractivity contribution >= 4 is 16.7 Å². The summed E-state index contributed by atoms with van der Waals surface area (Å²) >= 11 is 0. The van der Waals surface area contributed by atoms with Crippen LogP contribution in [0.2, 0.25) is 0 Å². The summed E-state index contributed by atoms with van der Waals surface area (Å²) < 4.78 is 2.08. The van der Waals surface area contributed by atoms with Gasteiger partial charge in [-0.1, -0.05) is 6.42 Å². The largest absolute Gasteiger partial charge is 0.329 e. The quantitative estimate of drug-likeness (QED) is 0.634. The molecule has 1 saturated heterocycles. The molecule has 0 saturated carbocycles. The van der Waals surface area contributed by atoms with Crippen LogP contribution in [0.25, 0.3) is 11.0 Å². The number of nitro benzene ring substituents is 1. The lowest BCUT2D eigenvalue weighted by Crippen LogP contribution is -2.32. The maximum Gasteiger partial charge on any atom is 0.271 e. The van der Waals surface area contributed by atoms with Crippen molar-refractivity contribution in [2.24, 2.45) is 0 Å². The van der Waals surface area contributed by atoms with Crippen LogP contribution in [0.4, 0.5) is 5.69 Å². The van der Waals surface area contributed by atoms with Gasteiger partial charge in [-0.05, 0) is 32.0 Å². The van der Waals surface area contributed by atoms with Crippen LogP contribution in [-0.2, 0) is 6.54 Å². The third-order valence-electron chi connectivity index (χ3n) is 3.92. The topological polar surface area (TPSA) is 64.2 Å². The average Bonchev–Trinajstić information content (AvgIpc) is 2.88. The summed E-state index contributed by atoms with van der Waals surface area (Å²) in [5.41, 5.74) is 1.75. The average molecular weight is 274 g/mol. The molecule has 0 bridgehead atoms. The molecule has 1 fully saturated rings. The van der Waals surface area contributed by atoms with Gasteiger partial charge in [0.1, 0.15) is 0 Å². The fourth-order valence-electron chi connectivity index (χ4n) is 2.78. The lowest BCUT2D eigenvalue weighted by Gasteiger charge is -2.26. The number of fused-ring (bicyclic) bond motifs is 1. The SMILES string of the molecule is O=[N+]([O-])c1ccc2c(c1)ncn2CCN1CCCCC1. The maximum atomic E-state index is 10.7. The molecule has 6 nitrogen and oxygen atoms in total. The number of non-ortho nitro benzene ring substituents is 1. The van der Waals surface area contributed by atoms with Crippen molar-refractivity contribution in [2.45, 2.75) is 25.8 Å². The van der Waals surface area contributed by atoms with Crippen molar-refractivity contribution in [3.63, 3.8) is 0 Å². The molecule has 0 atom stereocenters. The van der Waals surface area contributed by atoms with Gasteiger partial charge in [-0.2, -0.15) is 0 Å². The maximum absolute atomic E-state index is 10.7. The predicted octanol–water partition coefficient (Wildman–Crippen LogP) is 2.43. The Morgan fingerprint density at radius 3 is 2.75 bits per heavy atom. The molecule has 1 aromatic carbocycles. The summed E-state index contributed by atoms with van der Waals surface area (Å²) in [5, 5.41) is 10.7. The Bertz CT molecular complexity index is 617. The second-order valence-electron chi connectivity index (χ2n) is 5.27. The highest BCUT2D eigenvalue weighted by Gasteiger charge is 2.12. The minimum absolute atomic E-state index is 0.0961. The van der Waals surface area contributed by atoms with Gasteiger partial charge in [-0.3, -0.25) is 10.1 Å². The van der Waals surface area contributed by atoms with E-state index in [0.717, 1.165) is 18.6 Å². The number of nitro groups is 1. The summed E-state index contributed by atoms with van der Waals surface area (Å²) in [7, 11) is 0. The Labute approximate surface area is 117 Å². The Morgan fingerprint density at radius 1 is 1.20 bits per heavy atom. The Morgan fingerprint density at radius 2 is 2.00 bits per heavy atom. The number of benzene rings is 1. The molecule has 3 rings (SSSR count). The monoisotopic (exact) mass is 274 g/mol. The van der Waals surface area contributed by atoms with E-state index >= 15 is 0 Å². The standard InChI is InChI=1S/C14H18N4O2/c19-18(20)12-4-5-14-13(10-12)15-11-17(14)9-8-16-6-2-1-3-7-16/h4-5,10-11H,1-3,6-9H2. The number of nitrogens with zero attached hydrogens (tertiary/aromatic N) is 4. The second-order valence-corrected chi connectivity index (χ2v) is 5.27. The molecule has 1 aromatic heterocycles. The molecular formula is C14H18N4O2. The van der Waals surface area contributed by atoms with E-state index < -0.39 is 0 Å². The van der Waals surface area contributed by atoms with E-state index in [1.807, 2.05) is 0 Å². The third kappa shape index (κ3) is 2.65. The number of hydrogen-bond acceptors (Lipinski definition) is 4. The van der Waals surface area contributed by atoms with Crippen molar-refractivity contribution in [1.82, 2.24) is 14.5 Å². The van der Waals surface area contributed by atoms with Gasteiger partial charge < -0.3 is 9.47 Å². The van der Waals surface area contributed by atoms with Crippen LogP contribution in [0.3, 0.4) is 0 Å². The Hall–Kier alpha value is -1.95. The number of imidazole rings is 1. The molecule has 1 aliphatic rings. The molecule has 1 aliphatic heterocycles. The molecule has 0 aliphatic carbocycles. The zero-order chi connectivity index (χ0) is 13.9. The number of hydrogen-bond donors (Lipinski definition) is 0. The van der Waals surface area contributed by atoms with Gasteiger partial charge in [-0.15, -0.1) is 0 Å². The molecule has 0 radical (unpaired) electrons. The summed E-state index contributed by atoms with van der Waals surface area (Å²) in [5.74, 6) is 0. The van der Waals surface area contributed by atoms with Crippen LogP contribution < -0.4 is 0 Å². The summed E-state index contributed by atoms with van der Waals surface area (Å²) in [4.78, 5) is 17.1. The number of aromatic nitrogens is 2. The van der Waals surface area contributed by atoms with E-state index in [0.29, 0.717) is 5.52 Å². The van der Waals surface area contributed by atoms with Crippen LogP contribution in [0, 0.1) is 10.1 Å². The molecule has 6 heteroatoms. The second kappa shape index (κ2) is 5.58. The number of likely N-dealkylation sites (tertiary alicyclic amines) is 1. The highest BCUT2D eigenvalue weighted by atomic mass is 16.6. The van der Waals surface area contributed by atoms with E-state index in [2.05, 4.69) is 14.5 Å². The number of piperidine rings is 1. The fraction of sp³-hybridized carbons (Fsp3) is 0.500. The summed E-state index contributed by atoms with van der Waals surface area (Å²) in [6, 6.07) is 4.87. The molecule has 20 heavy (non-hydrogen) atoms. The highest BCUT2D eigenvalue weighted by Crippen LogP contribution is 2.20. The summed E-state index contributed by atoms with van der Waals surface area (Å²) in [6.07, 6.45) is 5.69. The molecular weight excluding hydrogens is 256 g/mol. The first-order valence-electron chi connectivity index (χ1n) is 7.06. The van der Waals surface area contributed by atoms with Crippen LogP contribution in [0.15, 0.2) is 24.5 Å². The smallest absolute Gasteiger partial charge is 0.271 e. The first-order valence-corrected chi connectivity index (χ1v) is 7.06. The van der Waals surface area contributed by atoms with Crippen molar-refractivity contribution in [2.75, 3.05) is 19.6 Å². The molecule has 0 N–H and O–H groups in total. The normalized spacial score (nSPS) is 16.6. The van der Waals surface area contributed by atoms with E-state index in [9.17, 15) is 10.1 Å². The van der Waals surface area contributed by atoms with Crippen molar-refractivity contribution in [3.8, 4) is 0 Å². The van der Waals surface area contributed by atoms with Crippen molar-refractivity contribution in [1.29, 1.82) is 0 Å². The van der Waals surface area contributed by atoms with Crippen LogP contribution in [0.5, 0.6) is 0 Å². The first-order chi connectivity index (χ1) is 9.74. The van der Waals surface area contributed by atoms with Gasteiger partial charge in [0.15, 0.2) is 0 Å².